The number of primary amides is 1. The van der Waals surface area contributed by atoms with Crippen LogP contribution in [-0.4, -0.2) is 35.3 Å². The van der Waals surface area contributed by atoms with Crippen molar-refractivity contribution in [2.24, 2.45) is 23.3 Å². The van der Waals surface area contributed by atoms with Gasteiger partial charge in [0.15, 0.2) is 0 Å². The Morgan fingerprint density at radius 1 is 1.15 bits per heavy atom. The van der Waals surface area contributed by atoms with Gasteiger partial charge in [0.2, 0.25) is 11.8 Å². The largest absolute Gasteiger partial charge is 0.368 e. The second-order valence-corrected chi connectivity index (χ2v) is 6.56. The van der Waals surface area contributed by atoms with Crippen LogP contribution in [0.15, 0.2) is 0 Å². The lowest BCUT2D eigenvalue weighted by atomic mass is 9.78. The zero-order chi connectivity index (χ0) is 14.7. The molecule has 0 aromatic heterocycles. The number of amides is 2. The molecule has 2 fully saturated rings. The summed E-state index contributed by atoms with van der Waals surface area (Å²) in [6.07, 6.45) is 7.03. The third-order valence-corrected chi connectivity index (χ3v) is 4.86. The molecule has 2 saturated carbocycles. The average molecular weight is 281 g/mol. The first-order chi connectivity index (χ1) is 9.49. The van der Waals surface area contributed by atoms with Gasteiger partial charge in [0, 0.05) is 12.1 Å². The lowest BCUT2D eigenvalue weighted by Crippen LogP contribution is -2.52. The summed E-state index contributed by atoms with van der Waals surface area (Å²) in [7, 11) is 0. The summed E-state index contributed by atoms with van der Waals surface area (Å²) in [4.78, 5) is 25.8. The van der Waals surface area contributed by atoms with Gasteiger partial charge >= 0.3 is 0 Å². The van der Waals surface area contributed by atoms with E-state index in [9.17, 15) is 9.59 Å². The second-order valence-electron chi connectivity index (χ2n) is 6.56. The molecule has 20 heavy (non-hydrogen) atoms. The lowest BCUT2D eigenvalue weighted by molar-refractivity contribution is -0.143. The van der Waals surface area contributed by atoms with E-state index in [0.29, 0.717) is 5.92 Å². The van der Waals surface area contributed by atoms with Crippen LogP contribution < -0.4 is 11.5 Å². The third kappa shape index (κ3) is 3.51. The van der Waals surface area contributed by atoms with Crippen LogP contribution in [0.4, 0.5) is 0 Å². The molecule has 2 rings (SSSR count). The van der Waals surface area contributed by atoms with E-state index in [0.717, 1.165) is 44.9 Å². The number of hydrogen-bond acceptors (Lipinski definition) is 3. The minimum atomic E-state index is -0.428. The quantitative estimate of drug-likeness (QED) is 0.805. The Balaban J connectivity index is 2.09. The van der Waals surface area contributed by atoms with Gasteiger partial charge in [-0.15, -0.1) is 0 Å². The highest BCUT2D eigenvalue weighted by atomic mass is 16.2. The van der Waals surface area contributed by atoms with Crippen molar-refractivity contribution in [3.05, 3.63) is 0 Å². The Morgan fingerprint density at radius 3 is 2.40 bits per heavy atom. The van der Waals surface area contributed by atoms with Crippen molar-refractivity contribution >= 4 is 11.8 Å². The van der Waals surface area contributed by atoms with Crippen LogP contribution in [0, 0.1) is 11.8 Å². The summed E-state index contributed by atoms with van der Waals surface area (Å²) in [6, 6.07) is 0.106. The van der Waals surface area contributed by atoms with Crippen LogP contribution in [0.5, 0.6) is 0 Å². The molecule has 3 atom stereocenters. The van der Waals surface area contributed by atoms with Gasteiger partial charge in [0.05, 0.1) is 12.5 Å². The van der Waals surface area contributed by atoms with E-state index in [1.807, 2.05) is 0 Å². The van der Waals surface area contributed by atoms with E-state index in [2.05, 4.69) is 6.92 Å². The van der Waals surface area contributed by atoms with Gasteiger partial charge in [-0.3, -0.25) is 9.59 Å². The van der Waals surface area contributed by atoms with Crippen LogP contribution >= 0.6 is 0 Å². The van der Waals surface area contributed by atoms with Crippen molar-refractivity contribution in [1.82, 2.24) is 4.90 Å². The van der Waals surface area contributed by atoms with Gasteiger partial charge in [-0.2, -0.15) is 0 Å². The van der Waals surface area contributed by atoms with Crippen molar-refractivity contribution in [3.8, 4) is 0 Å². The molecular weight excluding hydrogens is 254 g/mol. The van der Waals surface area contributed by atoms with Gasteiger partial charge in [0.1, 0.15) is 0 Å². The maximum absolute atomic E-state index is 12.8. The highest BCUT2D eigenvalue weighted by Gasteiger charge is 2.37. The molecule has 0 heterocycles. The lowest BCUT2D eigenvalue weighted by Gasteiger charge is -2.37. The summed E-state index contributed by atoms with van der Waals surface area (Å²) >= 11 is 0. The standard InChI is InChI=1S/C15H27N3O2/c1-10-6-7-13(16)12(8-10)15(20)18(9-14(17)19)11-4-2-3-5-11/h10-13H,2-9,16H2,1H3,(H2,17,19). The molecular formula is C15H27N3O2. The summed E-state index contributed by atoms with van der Waals surface area (Å²) in [5.74, 6) is 0.0129. The first-order valence-corrected chi connectivity index (χ1v) is 7.83. The number of nitrogens with two attached hydrogens (primary N) is 2. The molecule has 5 nitrogen and oxygen atoms in total. The van der Waals surface area contributed by atoms with E-state index in [1.165, 1.54) is 0 Å². The molecule has 2 aliphatic carbocycles. The maximum Gasteiger partial charge on any atom is 0.237 e. The molecule has 2 amide bonds. The predicted octanol–water partition coefficient (Wildman–Crippen LogP) is 1.01. The molecule has 0 bridgehead atoms. The zero-order valence-electron chi connectivity index (χ0n) is 12.4. The van der Waals surface area contributed by atoms with Gasteiger partial charge in [-0.05, 0) is 38.0 Å². The van der Waals surface area contributed by atoms with E-state index >= 15 is 0 Å². The minimum absolute atomic E-state index is 0.0428. The normalized spacial score (nSPS) is 31.2. The Hall–Kier alpha value is -1.10. The zero-order valence-corrected chi connectivity index (χ0v) is 12.4. The topological polar surface area (TPSA) is 89.4 Å². The first-order valence-electron chi connectivity index (χ1n) is 7.83. The van der Waals surface area contributed by atoms with E-state index in [4.69, 9.17) is 11.5 Å². The first kappa shape index (κ1) is 15.3. The molecule has 2 aliphatic rings. The van der Waals surface area contributed by atoms with E-state index < -0.39 is 5.91 Å². The molecule has 114 valence electrons. The number of hydrogen-bond donors (Lipinski definition) is 2. The molecule has 0 radical (unpaired) electrons. The van der Waals surface area contributed by atoms with Gasteiger partial charge in [-0.1, -0.05) is 19.8 Å². The Bertz CT molecular complexity index is 366. The van der Waals surface area contributed by atoms with Gasteiger partial charge in [0.25, 0.3) is 0 Å². The van der Waals surface area contributed by atoms with Crippen molar-refractivity contribution in [2.45, 2.75) is 64.0 Å². The molecule has 0 aromatic carbocycles. The van der Waals surface area contributed by atoms with Crippen LogP contribution in [0.1, 0.15) is 51.9 Å². The Labute approximate surface area is 121 Å². The summed E-state index contributed by atoms with van der Waals surface area (Å²) < 4.78 is 0. The number of nitrogens with zero attached hydrogens (tertiary/aromatic N) is 1. The smallest absolute Gasteiger partial charge is 0.237 e. The minimum Gasteiger partial charge on any atom is -0.368 e. The molecule has 4 N–H and O–H groups in total. The second kappa shape index (κ2) is 6.57. The van der Waals surface area contributed by atoms with Crippen molar-refractivity contribution < 1.29 is 9.59 Å². The van der Waals surface area contributed by atoms with Crippen molar-refractivity contribution in [1.29, 1.82) is 0 Å². The fourth-order valence-electron chi connectivity index (χ4n) is 3.67. The molecule has 5 heteroatoms. The average Bonchev–Trinajstić information content (AvgIpc) is 2.91. The predicted molar refractivity (Wildman–Crippen MR) is 77.6 cm³/mol. The molecule has 0 saturated heterocycles. The fourth-order valence-corrected chi connectivity index (χ4v) is 3.67. The van der Waals surface area contributed by atoms with E-state index in [1.54, 1.807) is 4.90 Å². The van der Waals surface area contributed by atoms with Crippen LogP contribution in [-0.2, 0) is 9.59 Å². The Morgan fingerprint density at radius 2 is 1.80 bits per heavy atom. The van der Waals surface area contributed by atoms with Crippen LogP contribution in [0.3, 0.4) is 0 Å². The van der Waals surface area contributed by atoms with Crippen molar-refractivity contribution in [3.63, 3.8) is 0 Å². The molecule has 0 spiro atoms. The summed E-state index contributed by atoms with van der Waals surface area (Å²) in [6.45, 7) is 2.21. The fraction of sp³-hybridized carbons (Fsp3) is 0.867. The highest BCUT2D eigenvalue weighted by molar-refractivity contribution is 5.86. The molecule has 0 aromatic rings. The molecule has 3 unspecified atom stereocenters. The number of rotatable bonds is 4. The molecule has 0 aliphatic heterocycles. The highest BCUT2D eigenvalue weighted by Crippen LogP contribution is 2.32. The van der Waals surface area contributed by atoms with Crippen LogP contribution in [0.25, 0.3) is 0 Å². The number of carbonyl (C=O) groups is 2. The SMILES string of the molecule is CC1CCC(N)C(C(=O)N(CC(N)=O)C2CCCC2)C1. The van der Waals surface area contributed by atoms with Crippen LogP contribution in [0.2, 0.25) is 0 Å². The Kier molecular flexibility index (Phi) is 5.02. The third-order valence-electron chi connectivity index (χ3n) is 4.86. The number of carbonyl (C=O) groups excluding carboxylic acids is 2. The van der Waals surface area contributed by atoms with Crippen molar-refractivity contribution in [2.75, 3.05) is 6.54 Å². The van der Waals surface area contributed by atoms with Gasteiger partial charge in [-0.25, -0.2) is 0 Å². The monoisotopic (exact) mass is 281 g/mol. The van der Waals surface area contributed by atoms with E-state index in [-0.39, 0.29) is 30.5 Å². The summed E-state index contributed by atoms with van der Waals surface area (Å²) in [5, 5.41) is 0. The maximum atomic E-state index is 12.8. The van der Waals surface area contributed by atoms with Gasteiger partial charge < -0.3 is 16.4 Å². The summed E-state index contributed by atoms with van der Waals surface area (Å²) in [5.41, 5.74) is 11.5.